The summed E-state index contributed by atoms with van der Waals surface area (Å²) in [6.07, 6.45) is 37.2. The lowest BCUT2D eigenvalue weighted by atomic mass is 9.98. The van der Waals surface area contributed by atoms with Crippen molar-refractivity contribution in [3.63, 3.8) is 0 Å². The Kier molecular flexibility index (Phi) is 40.5. The molecule has 6 N–H and O–H groups in total. The number of hydrogen-bond acceptors (Lipinski definition) is 9. The number of amides is 1. The molecule has 1 fully saturated rings. The molecule has 0 unspecified atom stereocenters. The van der Waals surface area contributed by atoms with E-state index in [2.05, 4.69) is 19.2 Å². The molecule has 0 aromatic heterocycles. The SMILES string of the molecule is CCCCCCCCCCCCCCCCCCCCCCCCCC(=O)N[C@@H](CO[C@H]1O[C@H](CO)[C@H](OCCc2ccccc2)[C@H](O)[C@H]1O)[C@H](O)[C@H](O)CCCCCCCCCCCCCC. The Balaban J connectivity index is 1.69. The Hall–Kier alpha value is -1.63. The van der Waals surface area contributed by atoms with Crippen molar-refractivity contribution in [2.24, 2.45) is 0 Å². The van der Waals surface area contributed by atoms with Crippen LogP contribution in [0.25, 0.3) is 0 Å². The molecule has 2 rings (SSSR count). The molecule has 1 saturated heterocycles. The largest absolute Gasteiger partial charge is 0.394 e. The summed E-state index contributed by atoms with van der Waals surface area (Å²) < 4.78 is 17.7. The lowest BCUT2D eigenvalue weighted by Crippen LogP contribution is -2.61. The Morgan fingerprint density at radius 2 is 0.985 bits per heavy atom. The fraction of sp³-hybridized carbons (Fsp3) is 0.879. The van der Waals surface area contributed by atoms with Crippen molar-refractivity contribution in [3.05, 3.63) is 35.9 Å². The summed E-state index contributed by atoms with van der Waals surface area (Å²) in [5.74, 6) is -0.232. The molecule has 398 valence electrons. The Bertz CT molecular complexity index is 1240. The van der Waals surface area contributed by atoms with E-state index in [1.165, 1.54) is 186 Å². The minimum absolute atomic E-state index is 0.232. The number of ether oxygens (including phenoxy) is 3. The number of rotatable bonds is 48. The van der Waals surface area contributed by atoms with E-state index in [0.717, 1.165) is 44.1 Å². The van der Waals surface area contributed by atoms with Gasteiger partial charge in [-0.1, -0.05) is 262 Å². The number of hydrogen-bond donors (Lipinski definition) is 6. The zero-order valence-electron chi connectivity index (χ0n) is 43.9. The van der Waals surface area contributed by atoms with Crippen LogP contribution >= 0.6 is 0 Å². The molecule has 1 amide bonds. The van der Waals surface area contributed by atoms with Crippen molar-refractivity contribution in [3.8, 4) is 0 Å². The maximum Gasteiger partial charge on any atom is 0.220 e. The summed E-state index contributed by atoms with van der Waals surface area (Å²) in [4.78, 5) is 13.3. The van der Waals surface area contributed by atoms with Crippen molar-refractivity contribution in [2.45, 2.75) is 307 Å². The van der Waals surface area contributed by atoms with E-state index in [9.17, 15) is 30.3 Å². The van der Waals surface area contributed by atoms with E-state index in [1.807, 2.05) is 30.3 Å². The number of carbonyl (C=O) groups excluding carboxylic acids is 1. The van der Waals surface area contributed by atoms with Crippen molar-refractivity contribution < 1.29 is 44.5 Å². The molecule has 0 bridgehead atoms. The van der Waals surface area contributed by atoms with Crippen LogP contribution in [0.2, 0.25) is 0 Å². The number of unbranched alkanes of at least 4 members (excludes halogenated alkanes) is 33. The van der Waals surface area contributed by atoms with E-state index >= 15 is 0 Å². The number of carbonyl (C=O) groups is 1. The minimum atomic E-state index is -1.51. The molecule has 68 heavy (non-hydrogen) atoms. The summed E-state index contributed by atoms with van der Waals surface area (Å²) in [6, 6.07) is 8.78. The maximum absolute atomic E-state index is 13.3. The molecule has 10 heteroatoms. The zero-order chi connectivity index (χ0) is 49.1. The monoisotopic (exact) mass is 962 g/mol. The van der Waals surface area contributed by atoms with Gasteiger partial charge in [0.2, 0.25) is 5.91 Å². The molecular formula is C58H107NO9. The average molecular weight is 962 g/mol. The summed E-state index contributed by atoms with van der Waals surface area (Å²) in [5.41, 5.74) is 1.06. The van der Waals surface area contributed by atoms with Crippen LogP contribution in [0.15, 0.2) is 30.3 Å². The van der Waals surface area contributed by atoms with E-state index in [4.69, 9.17) is 14.2 Å². The van der Waals surface area contributed by atoms with E-state index < -0.39 is 55.6 Å². The fourth-order valence-corrected chi connectivity index (χ4v) is 9.76. The highest BCUT2D eigenvalue weighted by Crippen LogP contribution is 2.26. The first kappa shape index (κ1) is 62.5. The van der Waals surface area contributed by atoms with Crippen molar-refractivity contribution in [1.82, 2.24) is 5.32 Å². The Labute approximate surface area is 416 Å². The van der Waals surface area contributed by atoms with Gasteiger partial charge in [-0.05, 0) is 24.8 Å². The number of nitrogens with one attached hydrogen (secondary N) is 1. The van der Waals surface area contributed by atoms with Crippen LogP contribution in [0.5, 0.6) is 0 Å². The van der Waals surface area contributed by atoms with Gasteiger partial charge >= 0.3 is 0 Å². The highest BCUT2D eigenvalue weighted by molar-refractivity contribution is 5.76. The minimum Gasteiger partial charge on any atom is -0.394 e. The van der Waals surface area contributed by atoms with E-state index in [-0.39, 0.29) is 19.1 Å². The molecule has 1 aliphatic heterocycles. The van der Waals surface area contributed by atoms with Gasteiger partial charge in [0.1, 0.15) is 30.5 Å². The smallest absolute Gasteiger partial charge is 0.220 e. The predicted molar refractivity (Wildman–Crippen MR) is 280 cm³/mol. The van der Waals surface area contributed by atoms with Crippen molar-refractivity contribution in [1.29, 1.82) is 0 Å². The van der Waals surface area contributed by atoms with Crippen LogP contribution in [0.3, 0.4) is 0 Å². The quantitative estimate of drug-likeness (QED) is 0.0350. The molecule has 10 nitrogen and oxygen atoms in total. The van der Waals surface area contributed by atoms with Gasteiger partial charge in [0.15, 0.2) is 6.29 Å². The molecule has 0 radical (unpaired) electrons. The van der Waals surface area contributed by atoms with Gasteiger partial charge in [0.25, 0.3) is 0 Å². The van der Waals surface area contributed by atoms with Gasteiger partial charge in [-0.25, -0.2) is 0 Å². The number of aliphatic hydroxyl groups is 5. The van der Waals surface area contributed by atoms with Crippen LogP contribution in [0, 0.1) is 0 Å². The summed E-state index contributed by atoms with van der Waals surface area (Å²) in [6.45, 7) is 4.04. The normalized spacial score (nSPS) is 19.8. The third kappa shape index (κ3) is 31.7. The maximum atomic E-state index is 13.3. The summed E-state index contributed by atoms with van der Waals surface area (Å²) >= 11 is 0. The first-order valence-electron chi connectivity index (χ1n) is 28.9. The summed E-state index contributed by atoms with van der Waals surface area (Å²) in [5, 5.41) is 57.6. The van der Waals surface area contributed by atoms with Gasteiger partial charge < -0.3 is 45.1 Å². The van der Waals surface area contributed by atoms with Gasteiger partial charge in [-0.3, -0.25) is 4.79 Å². The zero-order valence-corrected chi connectivity index (χ0v) is 43.9. The first-order chi connectivity index (χ1) is 33.3. The molecule has 0 aliphatic carbocycles. The van der Waals surface area contributed by atoms with Crippen LogP contribution in [-0.4, -0.2) is 100 Å². The van der Waals surface area contributed by atoms with Gasteiger partial charge in [-0.15, -0.1) is 0 Å². The predicted octanol–water partition coefficient (Wildman–Crippen LogP) is 12.7. The molecule has 1 aliphatic rings. The molecule has 0 spiro atoms. The van der Waals surface area contributed by atoms with Gasteiger partial charge in [0.05, 0.1) is 32.0 Å². The van der Waals surface area contributed by atoms with Gasteiger partial charge in [-0.2, -0.15) is 0 Å². The molecule has 1 aromatic rings. The van der Waals surface area contributed by atoms with Crippen molar-refractivity contribution >= 4 is 5.91 Å². The number of benzene rings is 1. The standard InChI is InChI=1S/C58H107NO9/c1-3-5-7-9-11-13-15-17-18-19-20-21-22-23-24-25-26-27-29-31-33-35-40-44-53(62)59-50(54(63)51(61)43-39-34-32-30-28-16-14-12-10-8-6-4-2)48-67-58-56(65)55(64)57(52(47-60)68-58)66-46-45-49-41-37-36-38-42-49/h36-38,41-42,50-52,54-58,60-61,63-65H,3-35,39-40,43-48H2,1-2H3,(H,59,62)/t50-,51+,52+,54-,55+,56+,57-,58-/m0/s1. The summed E-state index contributed by atoms with van der Waals surface area (Å²) in [7, 11) is 0. The van der Waals surface area contributed by atoms with E-state index in [0.29, 0.717) is 19.3 Å². The second kappa shape index (κ2) is 44.1. The molecule has 8 atom stereocenters. The first-order valence-corrected chi connectivity index (χ1v) is 28.9. The second-order valence-corrected chi connectivity index (χ2v) is 20.5. The Morgan fingerprint density at radius 3 is 1.41 bits per heavy atom. The highest BCUT2D eigenvalue weighted by Gasteiger charge is 2.46. The van der Waals surface area contributed by atoms with Crippen LogP contribution in [0.4, 0.5) is 0 Å². The van der Waals surface area contributed by atoms with Crippen LogP contribution in [-0.2, 0) is 25.4 Å². The van der Waals surface area contributed by atoms with Gasteiger partial charge in [0, 0.05) is 6.42 Å². The lowest BCUT2D eigenvalue weighted by molar-refractivity contribution is -0.309. The molecule has 1 aromatic carbocycles. The third-order valence-corrected chi connectivity index (χ3v) is 14.3. The highest BCUT2D eigenvalue weighted by atomic mass is 16.7. The van der Waals surface area contributed by atoms with Crippen LogP contribution in [0.1, 0.15) is 257 Å². The topological polar surface area (TPSA) is 158 Å². The lowest BCUT2D eigenvalue weighted by Gasteiger charge is -2.42. The molecule has 1 heterocycles. The fourth-order valence-electron chi connectivity index (χ4n) is 9.76. The molecule has 0 saturated carbocycles. The second-order valence-electron chi connectivity index (χ2n) is 20.5. The van der Waals surface area contributed by atoms with E-state index in [1.54, 1.807) is 0 Å². The van der Waals surface area contributed by atoms with Crippen molar-refractivity contribution in [2.75, 3.05) is 19.8 Å². The average Bonchev–Trinajstić information content (AvgIpc) is 3.35. The molecular weight excluding hydrogens is 855 g/mol. The number of aliphatic hydroxyl groups excluding tert-OH is 5. The third-order valence-electron chi connectivity index (χ3n) is 14.3. The Morgan fingerprint density at radius 1 is 0.574 bits per heavy atom. The van der Waals surface area contributed by atoms with Crippen LogP contribution < -0.4 is 5.32 Å².